The normalized spacial score (nSPS) is 17.4. The van der Waals surface area contributed by atoms with Crippen molar-refractivity contribution in [3.05, 3.63) is 54.3 Å². The van der Waals surface area contributed by atoms with E-state index in [4.69, 9.17) is 9.47 Å². The Balaban J connectivity index is 2.02. The first-order chi connectivity index (χ1) is 9.78. The van der Waals surface area contributed by atoms with E-state index in [9.17, 15) is 0 Å². The Bertz CT molecular complexity index is 500. The van der Waals surface area contributed by atoms with E-state index in [1.54, 1.807) is 0 Å². The van der Waals surface area contributed by atoms with Crippen molar-refractivity contribution in [3.63, 3.8) is 0 Å². The van der Waals surface area contributed by atoms with Crippen molar-refractivity contribution >= 4 is 5.69 Å². The summed E-state index contributed by atoms with van der Waals surface area (Å²) in [6, 6.07) is 9.67. The van der Waals surface area contributed by atoms with Crippen LogP contribution in [0.4, 0.5) is 5.69 Å². The minimum absolute atomic E-state index is 0.610. The molecule has 4 heteroatoms. The number of nitrogens with zero attached hydrogens (tertiary/aromatic N) is 2. The Kier molecular flexibility index (Phi) is 5.21. The smallest absolute Gasteiger partial charge is 0.191 e. The van der Waals surface area contributed by atoms with Crippen LogP contribution in [0.2, 0.25) is 0 Å². The molecular weight excluding hydrogens is 252 g/mol. The maximum atomic E-state index is 5.70. The van der Waals surface area contributed by atoms with E-state index in [1.807, 2.05) is 62.4 Å². The monoisotopic (exact) mass is 272 g/mol. The molecule has 0 atom stereocenters. The van der Waals surface area contributed by atoms with Gasteiger partial charge in [0.1, 0.15) is 0 Å². The summed E-state index contributed by atoms with van der Waals surface area (Å²) in [5.74, 6) is -0.644. The third-order valence-corrected chi connectivity index (χ3v) is 2.92. The van der Waals surface area contributed by atoms with Crippen molar-refractivity contribution in [2.24, 2.45) is 10.2 Å². The summed E-state index contributed by atoms with van der Waals surface area (Å²) >= 11 is 0. The molecule has 0 N–H and O–H groups in total. The number of hydrogen-bond acceptors (Lipinski definition) is 4. The molecule has 0 unspecified atom stereocenters. The molecule has 1 aromatic rings. The van der Waals surface area contributed by atoms with Gasteiger partial charge in [0.15, 0.2) is 5.79 Å². The predicted octanol–water partition coefficient (Wildman–Crippen LogP) is 4.38. The summed E-state index contributed by atoms with van der Waals surface area (Å²) in [5, 5.41) is 8.42. The lowest BCUT2D eigenvalue weighted by molar-refractivity contribution is -0.197. The molecule has 0 saturated heterocycles. The van der Waals surface area contributed by atoms with Gasteiger partial charge in [0.25, 0.3) is 0 Å². The van der Waals surface area contributed by atoms with Gasteiger partial charge in [-0.05, 0) is 38.1 Å². The number of benzene rings is 1. The summed E-state index contributed by atoms with van der Waals surface area (Å²) in [6.07, 6.45) is 6.44. The summed E-state index contributed by atoms with van der Waals surface area (Å²) in [5.41, 5.74) is 1.66. The van der Waals surface area contributed by atoms with E-state index in [0.717, 1.165) is 11.4 Å². The molecule has 0 bridgehead atoms. The van der Waals surface area contributed by atoms with Crippen molar-refractivity contribution in [3.8, 4) is 0 Å². The fourth-order valence-electron chi connectivity index (χ4n) is 2.02. The molecular formula is C16H20N2O2. The van der Waals surface area contributed by atoms with Gasteiger partial charge < -0.3 is 9.47 Å². The van der Waals surface area contributed by atoms with Gasteiger partial charge in [-0.3, -0.25) is 0 Å². The Morgan fingerprint density at radius 1 is 1.05 bits per heavy atom. The molecule has 0 heterocycles. The molecule has 1 aromatic carbocycles. The largest absolute Gasteiger partial charge is 0.346 e. The molecule has 0 saturated carbocycles. The SMILES string of the molecule is CCOC1(OCC)C=CC(N=Nc2ccccc2)=CC1. The lowest BCUT2D eigenvalue weighted by atomic mass is 10.1. The van der Waals surface area contributed by atoms with Crippen LogP contribution in [0.1, 0.15) is 20.3 Å². The van der Waals surface area contributed by atoms with Gasteiger partial charge in [-0.2, -0.15) is 10.2 Å². The highest BCUT2D eigenvalue weighted by Crippen LogP contribution is 2.27. The van der Waals surface area contributed by atoms with Crippen molar-refractivity contribution < 1.29 is 9.47 Å². The first-order valence-corrected chi connectivity index (χ1v) is 6.92. The van der Waals surface area contributed by atoms with Crippen molar-refractivity contribution in [2.45, 2.75) is 26.1 Å². The standard InChI is InChI=1S/C16H20N2O2/c1-3-19-16(20-4-2)12-10-15(11-13-16)18-17-14-8-6-5-7-9-14/h5-12H,3-4,13H2,1-2H3. The summed E-state index contributed by atoms with van der Waals surface area (Å²) in [4.78, 5) is 0. The molecule has 0 aliphatic heterocycles. The third kappa shape index (κ3) is 3.85. The van der Waals surface area contributed by atoms with E-state index in [2.05, 4.69) is 10.2 Å². The molecule has 0 aromatic heterocycles. The molecule has 0 fully saturated rings. The van der Waals surface area contributed by atoms with Crippen LogP contribution >= 0.6 is 0 Å². The van der Waals surface area contributed by atoms with Crippen LogP contribution in [0.25, 0.3) is 0 Å². The van der Waals surface area contributed by atoms with E-state index < -0.39 is 5.79 Å². The van der Waals surface area contributed by atoms with Crippen LogP contribution in [0.5, 0.6) is 0 Å². The minimum Gasteiger partial charge on any atom is -0.346 e. The first kappa shape index (κ1) is 14.6. The highest BCUT2D eigenvalue weighted by atomic mass is 16.7. The highest BCUT2D eigenvalue weighted by Gasteiger charge is 2.29. The van der Waals surface area contributed by atoms with Crippen molar-refractivity contribution in [1.29, 1.82) is 0 Å². The zero-order valence-corrected chi connectivity index (χ0v) is 12.0. The second-order valence-corrected chi connectivity index (χ2v) is 4.38. The average Bonchev–Trinajstić information content (AvgIpc) is 2.48. The highest BCUT2D eigenvalue weighted by molar-refractivity contribution is 5.35. The average molecular weight is 272 g/mol. The first-order valence-electron chi connectivity index (χ1n) is 6.92. The Morgan fingerprint density at radius 2 is 1.75 bits per heavy atom. The number of azo groups is 1. The number of ether oxygens (including phenoxy) is 2. The van der Waals surface area contributed by atoms with Crippen LogP contribution in [-0.2, 0) is 9.47 Å². The summed E-state index contributed by atoms with van der Waals surface area (Å²) in [7, 11) is 0. The number of rotatable bonds is 6. The van der Waals surface area contributed by atoms with E-state index in [-0.39, 0.29) is 0 Å². The van der Waals surface area contributed by atoms with Crippen LogP contribution in [0.15, 0.2) is 64.5 Å². The molecule has 4 nitrogen and oxygen atoms in total. The fraction of sp³-hybridized carbons (Fsp3) is 0.375. The Morgan fingerprint density at radius 3 is 2.30 bits per heavy atom. The molecule has 20 heavy (non-hydrogen) atoms. The Labute approximate surface area is 119 Å². The molecule has 0 spiro atoms. The fourth-order valence-corrected chi connectivity index (χ4v) is 2.02. The summed E-state index contributed by atoms with van der Waals surface area (Å²) in [6.45, 7) is 5.14. The molecule has 0 radical (unpaired) electrons. The lowest BCUT2D eigenvalue weighted by Crippen LogP contribution is -2.34. The molecule has 106 valence electrons. The topological polar surface area (TPSA) is 43.2 Å². The van der Waals surface area contributed by atoms with E-state index >= 15 is 0 Å². The van der Waals surface area contributed by atoms with Gasteiger partial charge in [-0.25, -0.2) is 0 Å². The van der Waals surface area contributed by atoms with Crippen LogP contribution in [0, 0.1) is 0 Å². The maximum absolute atomic E-state index is 5.70. The zero-order chi connectivity index (χ0) is 14.3. The van der Waals surface area contributed by atoms with Crippen LogP contribution in [0.3, 0.4) is 0 Å². The lowest BCUT2D eigenvalue weighted by Gasteiger charge is -2.31. The molecule has 1 aliphatic rings. The maximum Gasteiger partial charge on any atom is 0.191 e. The minimum atomic E-state index is -0.644. The van der Waals surface area contributed by atoms with Crippen LogP contribution in [-0.4, -0.2) is 19.0 Å². The van der Waals surface area contributed by atoms with Gasteiger partial charge >= 0.3 is 0 Å². The van der Waals surface area contributed by atoms with Crippen molar-refractivity contribution in [1.82, 2.24) is 0 Å². The zero-order valence-electron chi connectivity index (χ0n) is 12.0. The van der Waals surface area contributed by atoms with E-state index in [1.165, 1.54) is 0 Å². The van der Waals surface area contributed by atoms with Gasteiger partial charge in [0.2, 0.25) is 0 Å². The van der Waals surface area contributed by atoms with Crippen molar-refractivity contribution in [2.75, 3.05) is 13.2 Å². The predicted molar refractivity (Wildman–Crippen MR) is 78.8 cm³/mol. The summed E-state index contributed by atoms with van der Waals surface area (Å²) < 4.78 is 11.4. The molecule has 2 rings (SSSR count). The van der Waals surface area contributed by atoms with Gasteiger partial charge in [0.05, 0.1) is 11.4 Å². The number of allylic oxidation sites excluding steroid dienone is 1. The van der Waals surface area contributed by atoms with E-state index in [0.29, 0.717) is 19.6 Å². The Hall–Kier alpha value is -1.78. The third-order valence-electron chi connectivity index (χ3n) is 2.92. The van der Waals surface area contributed by atoms with Gasteiger partial charge in [-0.15, -0.1) is 0 Å². The number of hydrogen-bond donors (Lipinski definition) is 0. The molecule has 0 amide bonds. The second-order valence-electron chi connectivity index (χ2n) is 4.38. The van der Waals surface area contributed by atoms with Gasteiger partial charge in [0, 0.05) is 19.6 Å². The van der Waals surface area contributed by atoms with Crippen LogP contribution < -0.4 is 0 Å². The van der Waals surface area contributed by atoms with Gasteiger partial charge in [-0.1, -0.05) is 24.3 Å². The molecule has 1 aliphatic carbocycles. The quantitative estimate of drug-likeness (QED) is 0.569. The second kappa shape index (κ2) is 7.12.